The maximum Gasteiger partial charge on any atom is 0.243 e. The van der Waals surface area contributed by atoms with Crippen LogP contribution < -0.4 is 15.8 Å². The summed E-state index contributed by atoms with van der Waals surface area (Å²) in [6, 6.07) is 6.88. The van der Waals surface area contributed by atoms with Gasteiger partial charge in [0.05, 0.1) is 12.1 Å². The monoisotopic (exact) mass is 283 g/mol. The Morgan fingerprint density at radius 3 is 2.50 bits per heavy atom. The number of nitrogens with two attached hydrogens (primary N) is 1. The average Bonchev–Trinajstić information content (AvgIpc) is 3.10. The molecule has 0 aromatic heterocycles. The van der Waals surface area contributed by atoms with Crippen molar-refractivity contribution < 1.29 is 13.5 Å². The number of hydrogen-bond donors (Lipinski definition) is 2. The predicted octanol–water partition coefficient (Wildman–Crippen LogP) is 2.85. The van der Waals surface area contributed by atoms with Crippen molar-refractivity contribution in [1.82, 2.24) is 0 Å². The Hall–Kier alpha value is -1.85. The SMILES string of the molecule is CC(C)Oc1ccc(NC(N)=N[C@H]2C[C@@H]2C(F)F)cc1. The maximum absolute atomic E-state index is 12.4. The highest BCUT2D eigenvalue weighted by Gasteiger charge is 2.44. The van der Waals surface area contributed by atoms with Gasteiger partial charge in [0.1, 0.15) is 5.75 Å². The summed E-state index contributed by atoms with van der Waals surface area (Å²) in [5, 5.41) is 2.88. The van der Waals surface area contributed by atoms with Crippen molar-refractivity contribution in [3.63, 3.8) is 0 Å². The van der Waals surface area contributed by atoms with Crippen LogP contribution in [0.2, 0.25) is 0 Å². The molecular formula is C14H19F2N3O. The molecule has 1 saturated carbocycles. The Balaban J connectivity index is 1.88. The quantitative estimate of drug-likeness (QED) is 0.645. The lowest BCUT2D eigenvalue weighted by atomic mass is 10.3. The molecule has 3 N–H and O–H groups in total. The van der Waals surface area contributed by atoms with Crippen LogP contribution >= 0.6 is 0 Å². The summed E-state index contributed by atoms with van der Waals surface area (Å²) in [6.07, 6.45) is -1.80. The van der Waals surface area contributed by atoms with E-state index in [4.69, 9.17) is 10.5 Å². The molecule has 2 atom stereocenters. The molecule has 0 spiro atoms. The third-order valence-corrected chi connectivity index (χ3v) is 2.93. The van der Waals surface area contributed by atoms with Crippen LogP contribution in [-0.2, 0) is 0 Å². The van der Waals surface area contributed by atoms with Crippen LogP contribution in [0.4, 0.5) is 14.5 Å². The van der Waals surface area contributed by atoms with E-state index in [0.717, 1.165) is 11.4 Å². The fourth-order valence-corrected chi connectivity index (χ4v) is 1.87. The molecule has 0 saturated heterocycles. The van der Waals surface area contributed by atoms with Crippen molar-refractivity contribution in [2.24, 2.45) is 16.6 Å². The Labute approximate surface area is 117 Å². The molecule has 0 unspecified atom stereocenters. The summed E-state index contributed by atoms with van der Waals surface area (Å²) in [6.45, 7) is 3.90. The van der Waals surface area contributed by atoms with Crippen LogP contribution in [0.1, 0.15) is 20.3 Å². The number of benzene rings is 1. The normalized spacial score (nSPS) is 22.2. The number of halogens is 2. The van der Waals surface area contributed by atoms with Gasteiger partial charge in [0.25, 0.3) is 0 Å². The first-order chi connectivity index (χ1) is 9.45. The topological polar surface area (TPSA) is 59.6 Å². The molecule has 2 rings (SSSR count). The molecule has 20 heavy (non-hydrogen) atoms. The van der Waals surface area contributed by atoms with Crippen LogP contribution in [0, 0.1) is 5.92 Å². The fraction of sp³-hybridized carbons (Fsp3) is 0.500. The molecule has 0 amide bonds. The lowest BCUT2D eigenvalue weighted by Gasteiger charge is -2.10. The lowest BCUT2D eigenvalue weighted by molar-refractivity contribution is 0.121. The summed E-state index contributed by atoms with van der Waals surface area (Å²) >= 11 is 0. The van der Waals surface area contributed by atoms with Gasteiger partial charge in [-0.2, -0.15) is 0 Å². The molecule has 1 aromatic carbocycles. The molecule has 0 bridgehead atoms. The highest BCUT2D eigenvalue weighted by Crippen LogP contribution is 2.38. The minimum atomic E-state index is -2.32. The van der Waals surface area contributed by atoms with Crippen LogP contribution in [0.3, 0.4) is 0 Å². The Kier molecular flexibility index (Phi) is 4.42. The molecule has 0 radical (unpaired) electrons. The van der Waals surface area contributed by atoms with Gasteiger partial charge in [0, 0.05) is 11.6 Å². The molecule has 0 aliphatic heterocycles. The lowest BCUT2D eigenvalue weighted by Crippen LogP contribution is -2.23. The predicted molar refractivity (Wildman–Crippen MR) is 75.4 cm³/mol. The number of aliphatic imine (C=N–C) groups is 1. The zero-order valence-corrected chi connectivity index (χ0v) is 11.5. The van der Waals surface area contributed by atoms with Gasteiger partial charge >= 0.3 is 0 Å². The molecular weight excluding hydrogens is 264 g/mol. The van der Waals surface area contributed by atoms with Crippen LogP contribution in [-0.4, -0.2) is 24.5 Å². The number of nitrogens with one attached hydrogen (secondary N) is 1. The van der Waals surface area contributed by atoms with Crippen LogP contribution in [0.25, 0.3) is 0 Å². The van der Waals surface area contributed by atoms with Gasteiger partial charge in [0.2, 0.25) is 6.43 Å². The first-order valence-electron chi connectivity index (χ1n) is 6.61. The molecule has 1 aliphatic carbocycles. The summed E-state index contributed by atoms with van der Waals surface area (Å²) in [5.41, 5.74) is 6.44. The number of nitrogens with zero attached hydrogens (tertiary/aromatic N) is 1. The standard InChI is InChI=1S/C14H19F2N3O/c1-8(2)20-10-5-3-9(4-6-10)18-14(17)19-12-7-11(12)13(15)16/h3-6,8,11-13H,7H2,1-2H3,(H3,17,18,19)/t11-,12-/m0/s1. The van der Waals surface area contributed by atoms with Crippen molar-refractivity contribution >= 4 is 11.6 Å². The fourth-order valence-electron chi connectivity index (χ4n) is 1.87. The van der Waals surface area contributed by atoms with E-state index < -0.39 is 12.3 Å². The molecule has 1 fully saturated rings. The van der Waals surface area contributed by atoms with Gasteiger partial charge in [-0.05, 0) is 44.5 Å². The minimum Gasteiger partial charge on any atom is -0.491 e. The number of hydrogen-bond acceptors (Lipinski definition) is 2. The van der Waals surface area contributed by atoms with Crippen LogP contribution in [0.15, 0.2) is 29.3 Å². The number of alkyl halides is 2. The summed E-state index contributed by atoms with van der Waals surface area (Å²) < 4.78 is 30.2. The van der Waals surface area contributed by atoms with E-state index in [1.165, 1.54) is 0 Å². The molecule has 6 heteroatoms. The summed E-state index contributed by atoms with van der Waals surface area (Å²) in [4.78, 5) is 4.03. The number of ether oxygens (including phenoxy) is 1. The Bertz CT molecular complexity index is 474. The number of guanidine groups is 1. The maximum atomic E-state index is 12.4. The third kappa shape index (κ3) is 4.08. The Morgan fingerprint density at radius 1 is 1.35 bits per heavy atom. The van der Waals surface area contributed by atoms with Crippen molar-refractivity contribution in [2.45, 2.75) is 38.8 Å². The van der Waals surface area contributed by atoms with E-state index in [1.54, 1.807) is 12.1 Å². The second-order valence-electron chi connectivity index (χ2n) is 5.13. The molecule has 1 aliphatic rings. The number of anilines is 1. The van der Waals surface area contributed by atoms with Gasteiger partial charge in [0.15, 0.2) is 5.96 Å². The van der Waals surface area contributed by atoms with Crippen molar-refractivity contribution in [3.8, 4) is 5.75 Å². The van der Waals surface area contributed by atoms with Crippen LogP contribution in [0.5, 0.6) is 5.75 Å². The van der Waals surface area contributed by atoms with Crippen molar-refractivity contribution in [1.29, 1.82) is 0 Å². The van der Waals surface area contributed by atoms with Crippen molar-refractivity contribution in [3.05, 3.63) is 24.3 Å². The van der Waals surface area contributed by atoms with E-state index in [-0.39, 0.29) is 18.1 Å². The van der Waals surface area contributed by atoms with E-state index in [2.05, 4.69) is 10.3 Å². The highest BCUT2D eigenvalue weighted by atomic mass is 19.3. The van der Waals surface area contributed by atoms with Gasteiger partial charge < -0.3 is 15.8 Å². The first-order valence-corrected chi connectivity index (χ1v) is 6.61. The summed E-state index contributed by atoms with van der Waals surface area (Å²) in [7, 11) is 0. The van der Waals surface area contributed by atoms with Gasteiger partial charge in [-0.1, -0.05) is 0 Å². The zero-order chi connectivity index (χ0) is 14.7. The largest absolute Gasteiger partial charge is 0.491 e. The second kappa shape index (κ2) is 6.07. The zero-order valence-electron chi connectivity index (χ0n) is 11.5. The molecule has 0 heterocycles. The smallest absolute Gasteiger partial charge is 0.243 e. The highest BCUT2D eigenvalue weighted by molar-refractivity contribution is 5.92. The van der Waals surface area contributed by atoms with Gasteiger partial charge in [-0.15, -0.1) is 0 Å². The minimum absolute atomic E-state index is 0.113. The van der Waals surface area contributed by atoms with E-state index in [9.17, 15) is 8.78 Å². The third-order valence-electron chi connectivity index (χ3n) is 2.93. The van der Waals surface area contributed by atoms with E-state index in [0.29, 0.717) is 6.42 Å². The second-order valence-corrected chi connectivity index (χ2v) is 5.13. The molecule has 110 valence electrons. The average molecular weight is 283 g/mol. The molecule has 4 nitrogen and oxygen atoms in total. The number of rotatable bonds is 5. The van der Waals surface area contributed by atoms with Gasteiger partial charge in [-0.3, -0.25) is 0 Å². The molecule has 1 aromatic rings. The Morgan fingerprint density at radius 2 is 2.00 bits per heavy atom. The van der Waals surface area contributed by atoms with Gasteiger partial charge in [-0.25, -0.2) is 13.8 Å². The van der Waals surface area contributed by atoms with E-state index >= 15 is 0 Å². The summed E-state index contributed by atoms with van der Waals surface area (Å²) in [5.74, 6) is 0.286. The van der Waals surface area contributed by atoms with Crippen molar-refractivity contribution in [2.75, 3.05) is 5.32 Å². The first kappa shape index (κ1) is 14.6. The van der Waals surface area contributed by atoms with E-state index in [1.807, 2.05) is 26.0 Å².